The molecule has 1 saturated heterocycles. The van der Waals surface area contributed by atoms with Crippen LogP contribution in [0.4, 0.5) is 4.79 Å². The second kappa shape index (κ2) is 13.0. The summed E-state index contributed by atoms with van der Waals surface area (Å²) in [6, 6.07) is 3.49. The summed E-state index contributed by atoms with van der Waals surface area (Å²) in [7, 11) is 1.43. The van der Waals surface area contributed by atoms with E-state index in [4.69, 9.17) is 28.0 Å². The maximum absolute atomic E-state index is 12.7. The van der Waals surface area contributed by atoms with Crippen LogP contribution in [0.5, 0.6) is 0 Å². The van der Waals surface area contributed by atoms with Crippen molar-refractivity contribution in [1.29, 1.82) is 0 Å². The molecule has 0 radical (unpaired) electrons. The van der Waals surface area contributed by atoms with Gasteiger partial charge in [0.05, 0.1) is 13.7 Å². The molecule has 3 amide bonds. The van der Waals surface area contributed by atoms with Crippen LogP contribution in [0.15, 0.2) is 22.9 Å². The average molecular weight is 545 g/mol. The molecule has 2 N–H and O–H groups in total. The minimum absolute atomic E-state index is 0.0482. The van der Waals surface area contributed by atoms with E-state index in [1.54, 1.807) is 18.3 Å². The number of piperidine rings is 1. The standard InChI is InChI=1S/C23H31Cl2N5O4S/c1-15-12-19(24)26-21(25)20(15)22(31)30(33)10-4-16(2)28-8-5-18(6-9-28)29(23(32)27-34-3)13-17-7-11-35-14-17/h7,11-12,14,16,18,30H,4-6,8-10,13H2,1-3H3,(H,27,32)/t16-/m1/s1. The summed E-state index contributed by atoms with van der Waals surface area (Å²) in [4.78, 5) is 38.1. The highest BCUT2D eigenvalue weighted by Gasteiger charge is 2.30. The van der Waals surface area contributed by atoms with E-state index in [0.29, 0.717) is 18.5 Å². The van der Waals surface area contributed by atoms with Gasteiger partial charge in [0.25, 0.3) is 0 Å². The molecule has 1 fully saturated rings. The molecule has 2 aromatic rings. The number of quaternary nitrogens is 1. The van der Waals surface area contributed by atoms with Crippen molar-refractivity contribution in [1.82, 2.24) is 20.3 Å². The third kappa shape index (κ3) is 7.36. The largest absolute Gasteiger partial charge is 0.626 e. The molecule has 0 bridgehead atoms. The Kier molecular flexibility index (Phi) is 10.3. The number of hydroxylamine groups is 3. The molecule has 3 rings (SSSR count). The van der Waals surface area contributed by atoms with E-state index in [1.807, 2.05) is 21.7 Å². The van der Waals surface area contributed by atoms with Crippen LogP contribution in [0.3, 0.4) is 0 Å². The van der Waals surface area contributed by atoms with Crippen molar-refractivity contribution in [3.63, 3.8) is 0 Å². The molecule has 0 spiro atoms. The van der Waals surface area contributed by atoms with E-state index < -0.39 is 11.0 Å². The van der Waals surface area contributed by atoms with Gasteiger partial charge < -0.3 is 20.1 Å². The zero-order valence-corrected chi connectivity index (χ0v) is 22.4. The predicted octanol–water partition coefficient (Wildman–Crippen LogP) is 3.30. The number of likely N-dealkylation sites (tertiary alicyclic amines) is 1. The number of halogens is 2. The Labute approximate surface area is 219 Å². The van der Waals surface area contributed by atoms with Crippen molar-refractivity contribution >= 4 is 46.5 Å². The molecular weight excluding hydrogens is 513 g/mol. The lowest BCUT2D eigenvalue weighted by Crippen LogP contribution is -3.10. The molecule has 0 aromatic carbocycles. The van der Waals surface area contributed by atoms with Gasteiger partial charge in [-0.2, -0.15) is 11.3 Å². The van der Waals surface area contributed by atoms with Crippen molar-refractivity contribution in [2.45, 2.75) is 51.7 Å². The second-order valence-corrected chi connectivity index (χ2v) is 10.2. The molecule has 3 heterocycles. The summed E-state index contributed by atoms with van der Waals surface area (Å²) in [5, 5.41) is 16.3. The topological polar surface area (TPSA) is 102 Å². The van der Waals surface area contributed by atoms with Gasteiger partial charge in [0.2, 0.25) is 0 Å². The van der Waals surface area contributed by atoms with E-state index in [1.165, 1.54) is 13.2 Å². The SMILES string of the molecule is CONC(=O)N(Cc1ccsc1)C1CCN([C@H](C)CC[NH+]([O-])C(=O)c2c(C)cc(Cl)nc2Cl)CC1. The first-order valence-electron chi connectivity index (χ1n) is 11.5. The monoisotopic (exact) mass is 543 g/mol. The number of nitrogens with zero attached hydrogens (tertiary/aromatic N) is 3. The van der Waals surface area contributed by atoms with E-state index >= 15 is 0 Å². The number of aryl methyl sites for hydroxylation is 1. The Balaban J connectivity index is 1.52. The number of amides is 3. The molecule has 192 valence electrons. The summed E-state index contributed by atoms with van der Waals surface area (Å²) >= 11 is 13.5. The van der Waals surface area contributed by atoms with Gasteiger partial charge in [0.1, 0.15) is 15.9 Å². The zero-order chi connectivity index (χ0) is 25.5. The first-order valence-corrected chi connectivity index (χ1v) is 13.2. The number of carbonyl (C=O) groups is 2. The number of urea groups is 1. The Morgan fingerprint density at radius 2 is 2.11 bits per heavy atom. The first kappa shape index (κ1) is 27.8. The fourth-order valence-corrected chi connectivity index (χ4v) is 5.65. The normalized spacial score (nSPS) is 16.6. The number of nitrogens with one attached hydrogen (secondary N) is 2. The predicted molar refractivity (Wildman–Crippen MR) is 137 cm³/mol. The van der Waals surface area contributed by atoms with Gasteiger partial charge in [0, 0.05) is 38.1 Å². The highest BCUT2D eigenvalue weighted by Crippen LogP contribution is 2.23. The molecule has 2 aromatic heterocycles. The van der Waals surface area contributed by atoms with Gasteiger partial charge in [0.15, 0.2) is 0 Å². The Morgan fingerprint density at radius 3 is 2.71 bits per heavy atom. The third-order valence-corrected chi connectivity index (χ3v) is 7.56. The van der Waals surface area contributed by atoms with Crippen LogP contribution < -0.4 is 10.5 Å². The van der Waals surface area contributed by atoms with E-state index in [2.05, 4.69) is 22.3 Å². The zero-order valence-electron chi connectivity index (χ0n) is 20.1. The summed E-state index contributed by atoms with van der Waals surface area (Å²) in [5.74, 6) is -0.629. The Bertz CT molecular complexity index is 979. The summed E-state index contributed by atoms with van der Waals surface area (Å²) in [5.41, 5.74) is 4.19. The summed E-state index contributed by atoms with van der Waals surface area (Å²) in [6.45, 7) is 5.97. The van der Waals surface area contributed by atoms with Crippen LogP contribution >= 0.6 is 34.5 Å². The molecular formula is C23H31Cl2N5O4S. The summed E-state index contributed by atoms with van der Waals surface area (Å²) in [6.07, 6.45) is 2.17. The minimum atomic E-state index is -0.629. The molecule has 1 aliphatic heterocycles. The van der Waals surface area contributed by atoms with Crippen molar-refractivity contribution < 1.29 is 19.5 Å². The van der Waals surface area contributed by atoms with Crippen molar-refractivity contribution in [3.05, 3.63) is 55.1 Å². The third-order valence-electron chi connectivity index (χ3n) is 6.36. The fraction of sp³-hybridized carbons (Fsp3) is 0.522. The second-order valence-electron chi connectivity index (χ2n) is 8.71. The maximum atomic E-state index is 12.7. The lowest BCUT2D eigenvalue weighted by Gasteiger charge is -2.40. The van der Waals surface area contributed by atoms with E-state index in [9.17, 15) is 14.8 Å². The molecule has 0 aliphatic carbocycles. The molecule has 1 unspecified atom stereocenters. The van der Waals surface area contributed by atoms with Crippen LogP contribution in [0.2, 0.25) is 10.3 Å². The van der Waals surface area contributed by atoms with Gasteiger partial charge in [-0.05, 0) is 60.7 Å². The maximum Gasteiger partial charge on any atom is 0.347 e. The lowest BCUT2D eigenvalue weighted by molar-refractivity contribution is -0.758. The van der Waals surface area contributed by atoms with Crippen LogP contribution in [0, 0.1) is 12.1 Å². The number of pyridine rings is 1. The molecule has 1 aliphatic rings. The van der Waals surface area contributed by atoms with Crippen molar-refractivity contribution in [2.24, 2.45) is 0 Å². The molecule has 0 saturated carbocycles. The van der Waals surface area contributed by atoms with Crippen LogP contribution in [0.1, 0.15) is 47.7 Å². The molecule has 12 heteroatoms. The number of thiophene rings is 1. The van der Waals surface area contributed by atoms with Gasteiger partial charge in [-0.15, -0.1) is 0 Å². The fourth-order valence-electron chi connectivity index (χ4n) is 4.37. The minimum Gasteiger partial charge on any atom is -0.626 e. The highest BCUT2D eigenvalue weighted by atomic mass is 35.5. The van der Waals surface area contributed by atoms with Crippen molar-refractivity contribution in [2.75, 3.05) is 26.7 Å². The van der Waals surface area contributed by atoms with E-state index in [-0.39, 0.29) is 40.5 Å². The van der Waals surface area contributed by atoms with Gasteiger partial charge in [-0.3, -0.25) is 4.84 Å². The Morgan fingerprint density at radius 1 is 1.40 bits per heavy atom. The molecule has 2 atom stereocenters. The first-order chi connectivity index (χ1) is 16.7. The van der Waals surface area contributed by atoms with Crippen LogP contribution in [-0.4, -0.2) is 65.5 Å². The number of hydrogen-bond acceptors (Lipinski definition) is 7. The smallest absolute Gasteiger partial charge is 0.347 e. The number of carbonyl (C=O) groups excluding carboxylic acids is 2. The van der Waals surface area contributed by atoms with E-state index in [0.717, 1.165) is 31.5 Å². The van der Waals surface area contributed by atoms with Gasteiger partial charge in [-0.25, -0.2) is 20.1 Å². The van der Waals surface area contributed by atoms with Crippen molar-refractivity contribution in [3.8, 4) is 0 Å². The quantitative estimate of drug-likeness (QED) is 0.371. The van der Waals surface area contributed by atoms with Crippen LogP contribution in [-0.2, 0) is 11.4 Å². The average Bonchev–Trinajstić information content (AvgIpc) is 3.33. The van der Waals surface area contributed by atoms with Gasteiger partial charge >= 0.3 is 11.9 Å². The number of hydrogen-bond donors (Lipinski definition) is 2. The molecule has 35 heavy (non-hydrogen) atoms. The number of rotatable bonds is 9. The molecule has 9 nitrogen and oxygen atoms in total. The summed E-state index contributed by atoms with van der Waals surface area (Å²) < 4.78 is 0. The highest BCUT2D eigenvalue weighted by molar-refractivity contribution is 7.07. The van der Waals surface area contributed by atoms with Crippen LogP contribution in [0.25, 0.3) is 0 Å². The number of aromatic nitrogens is 1. The Hall–Kier alpha value is -1.79. The van der Waals surface area contributed by atoms with Gasteiger partial charge in [-0.1, -0.05) is 23.2 Å². The lowest BCUT2D eigenvalue weighted by atomic mass is 10.0.